The molecule has 1 aromatic carbocycles. The molecular formula is C10H12F3NO2S. The van der Waals surface area contributed by atoms with Crippen molar-refractivity contribution in [3.63, 3.8) is 0 Å². The van der Waals surface area contributed by atoms with Crippen LogP contribution in [0, 0.1) is 0 Å². The van der Waals surface area contributed by atoms with Gasteiger partial charge in [0.2, 0.25) is 0 Å². The van der Waals surface area contributed by atoms with Gasteiger partial charge < -0.3 is 5.73 Å². The van der Waals surface area contributed by atoms with E-state index in [1.165, 1.54) is 0 Å². The summed E-state index contributed by atoms with van der Waals surface area (Å²) in [5, 5.41) is 0. The lowest BCUT2D eigenvalue weighted by Crippen LogP contribution is -2.12. The van der Waals surface area contributed by atoms with Gasteiger partial charge in [0.25, 0.3) is 0 Å². The molecule has 0 spiro atoms. The van der Waals surface area contributed by atoms with Crippen LogP contribution in [0.15, 0.2) is 23.1 Å². The molecule has 0 saturated heterocycles. The van der Waals surface area contributed by atoms with Crippen LogP contribution in [0.1, 0.15) is 18.9 Å². The van der Waals surface area contributed by atoms with Gasteiger partial charge in [-0.1, -0.05) is 6.92 Å². The van der Waals surface area contributed by atoms with Crippen LogP contribution in [0.3, 0.4) is 0 Å². The van der Waals surface area contributed by atoms with Gasteiger partial charge in [-0.25, -0.2) is 8.42 Å². The number of benzene rings is 1. The first-order valence-corrected chi connectivity index (χ1v) is 6.53. The molecule has 17 heavy (non-hydrogen) atoms. The number of nitrogen functional groups attached to an aromatic ring is 1. The van der Waals surface area contributed by atoms with Gasteiger partial charge in [-0.3, -0.25) is 0 Å². The summed E-state index contributed by atoms with van der Waals surface area (Å²) in [6.45, 7) is 1.64. The predicted octanol–water partition coefficient (Wildman–Crippen LogP) is 2.47. The van der Waals surface area contributed by atoms with Crippen molar-refractivity contribution in [2.24, 2.45) is 0 Å². The number of alkyl halides is 3. The molecule has 0 fully saturated rings. The Morgan fingerprint density at radius 2 is 1.88 bits per heavy atom. The molecule has 7 heteroatoms. The van der Waals surface area contributed by atoms with E-state index in [0.717, 1.165) is 12.1 Å². The molecule has 96 valence electrons. The molecule has 1 aromatic rings. The minimum atomic E-state index is -4.65. The fourth-order valence-electron chi connectivity index (χ4n) is 1.36. The Morgan fingerprint density at radius 3 is 2.35 bits per heavy atom. The van der Waals surface area contributed by atoms with E-state index in [-0.39, 0.29) is 10.6 Å². The van der Waals surface area contributed by atoms with E-state index < -0.39 is 27.3 Å². The van der Waals surface area contributed by atoms with Crippen LogP contribution in [-0.4, -0.2) is 14.2 Å². The number of hydrogen-bond donors (Lipinski definition) is 1. The van der Waals surface area contributed by atoms with Crippen LogP contribution >= 0.6 is 0 Å². The lowest BCUT2D eigenvalue weighted by atomic mass is 10.2. The second-order valence-corrected chi connectivity index (χ2v) is 5.67. The molecule has 3 nitrogen and oxygen atoms in total. The zero-order chi connectivity index (χ0) is 13.3. The van der Waals surface area contributed by atoms with Crippen molar-refractivity contribution in [1.82, 2.24) is 0 Å². The summed E-state index contributed by atoms with van der Waals surface area (Å²) in [6, 6.07) is 2.64. The quantitative estimate of drug-likeness (QED) is 0.856. The molecule has 0 radical (unpaired) electrons. The first-order chi connectivity index (χ1) is 7.68. The molecule has 0 heterocycles. The van der Waals surface area contributed by atoms with Crippen LogP contribution in [-0.2, 0) is 16.0 Å². The Labute approximate surface area is 97.4 Å². The maximum Gasteiger partial charge on any atom is 0.418 e. The Balaban J connectivity index is 3.32. The van der Waals surface area contributed by atoms with E-state index in [1.807, 2.05) is 0 Å². The molecule has 0 aromatic heterocycles. The van der Waals surface area contributed by atoms with Crippen LogP contribution in [0.25, 0.3) is 0 Å². The first-order valence-electron chi connectivity index (χ1n) is 4.88. The molecule has 2 N–H and O–H groups in total. The number of hydrogen-bond acceptors (Lipinski definition) is 3. The summed E-state index contributed by atoms with van der Waals surface area (Å²) in [5.41, 5.74) is 3.58. The molecular weight excluding hydrogens is 255 g/mol. The summed E-state index contributed by atoms with van der Waals surface area (Å²) in [5.74, 6) is -0.186. The molecule has 0 aliphatic heterocycles. The summed E-state index contributed by atoms with van der Waals surface area (Å²) < 4.78 is 60.8. The summed E-state index contributed by atoms with van der Waals surface area (Å²) in [7, 11) is -3.67. The highest BCUT2D eigenvalue weighted by Gasteiger charge is 2.34. The second kappa shape index (κ2) is 4.56. The fraction of sp³-hybridized carbons (Fsp3) is 0.400. The molecule has 0 atom stereocenters. The summed E-state index contributed by atoms with van der Waals surface area (Å²) >= 11 is 0. The summed E-state index contributed by atoms with van der Waals surface area (Å²) in [6.07, 6.45) is -4.31. The maximum absolute atomic E-state index is 12.5. The average Bonchev–Trinajstić information content (AvgIpc) is 2.15. The number of sulfone groups is 1. The zero-order valence-corrected chi connectivity index (χ0v) is 9.90. The van der Waals surface area contributed by atoms with Gasteiger partial charge >= 0.3 is 6.18 Å². The van der Waals surface area contributed by atoms with E-state index in [1.54, 1.807) is 6.92 Å². The van der Waals surface area contributed by atoms with Gasteiger partial charge in [0.05, 0.1) is 16.2 Å². The molecule has 1 rings (SSSR count). The smallest absolute Gasteiger partial charge is 0.398 e. The monoisotopic (exact) mass is 267 g/mol. The Kier molecular flexibility index (Phi) is 3.71. The lowest BCUT2D eigenvalue weighted by Gasteiger charge is -2.11. The zero-order valence-electron chi connectivity index (χ0n) is 9.08. The highest BCUT2D eigenvalue weighted by atomic mass is 32.2. The van der Waals surface area contributed by atoms with Crippen LogP contribution < -0.4 is 5.73 Å². The minimum Gasteiger partial charge on any atom is -0.398 e. The average molecular weight is 267 g/mol. The second-order valence-electron chi connectivity index (χ2n) is 3.57. The standard InChI is InChI=1S/C10H12F3NO2S/c1-2-5-17(15,16)7-3-4-9(14)8(6-7)10(11,12)13/h3-4,6H,2,5,14H2,1H3. The van der Waals surface area contributed by atoms with Crippen molar-refractivity contribution in [1.29, 1.82) is 0 Å². The highest BCUT2D eigenvalue weighted by Crippen LogP contribution is 2.35. The van der Waals surface area contributed by atoms with Crippen LogP contribution in [0.2, 0.25) is 0 Å². The van der Waals surface area contributed by atoms with Crippen molar-refractivity contribution < 1.29 is 21.6 Å². The topological polar surface area (TPSA) is 60.2 Å². The van der Waals surface area contributed by atoms with Gasteiger partial charge in [0.1, 0.15) is 0 Å². The number of nitrogens with two attached hydrogens (primary N) is 1. The molecule has 0 amide bonds. The van der Waals surface area contributed by atoms with Gasteiger partial charge in [-0.2, -0.15) is 13.2 Å². The van der Waals surface area contributed by atoms with Crippen molar-refractivity contribution in [2.75, 3.05) is 11.5 Å². The minimum absolute atomic E-state index is 0.186. The largest absolute Gasteiger partial charge is 0.418 e. The van der Waals surface area contributed by atoms with E-state index in [9.17, 15) is 21.6 Å². The number of halogens is 3. The Bertz CT molecular complexity index is 509. The van der Waals surface area contributed by atoms with Gasteiger partial charge in [0, 0.05) is 5.69 Å². The molecule has 0 unspecified atom stereocenters. The summed E-state index contributed by atoms with van der Waals surface area (Å²) in [4.78, 5) is -0.346. The van der Waals surface area contributed by atoms with Gasteiger partial charge in [0.15, 0.2) is 9.84 Å². The predicted molar refractivity (Wildman–Crippen MR) is 58.2 cm³/mol. The van der Waals surface area contributed by atoms with Crippen LogP contribution in [0.4, 0.5) is 18.9 Å². The molecule has 0 bridgehead atoms. The third kappa shape index (κ3) is 3.12. The van der Waals surface area contributed by atoms with Gasteiger partial charge in [-0.15, -0.1) is 0 Å². The van der Waals surface area contributed by atoms with Crippen molar-refractivity contribution in [3.8, 4) is 0 Å². The number of anilines is 1. The molecule has 0 aliphatic rings. The maximum atomic E-state index is 12.5. The van der Waals surface area contributed by atoms with E-state index >= 15 is 0 Å². The SMILES string of the molecule is CCCS(=O)(=O)c1ccc(N)c(C(F)(F)F)c1. The fourth-order valence-corrected chi connectivity index (χ4v) is 2.71. The third-order valence-electron chi connectivity index (χ3n) is 2.16. The van der Waals surface area contributed by atoms with Crippen LogP contribution in [0.5, 0.6) is 0 Å². The highest BCUT2D eigenvalue weighted by molar-refractivity contribution is 7.91. The lowest BCUT2D eigenvalue weighted by molar-refractivity contribution is -0.137. The third-order valence-corrected chi connectivity index (χ3v) is 4.08. The van der Waals surface area contributed by atoms with Crippen molar-refractivity contribution in [3.05, 3.63) is 23.8 Å². The Hall–Kier alpha value is -1.24. The normalized spacial score (nSPS) is 12.7. The van der Waals surface area contributed by atoms with Crippen molar-refractivity contribution >= 4 is 15.5 Å². The van der Waals surface area contributed by atoms with E-state index in [2.05, 4.69) is 0 Å². The van der Waals surface area contributed by atoms with E-state index in [4.69, 9.17) is 5.73 Å². The van der Waals surface area contributed by atoms with Gasteiger partial charge in [-0.05, 0) is 24.6 Å². The molecule has 0 aliphatic carbocycles. The molecule has 0 saturated carbocycles. The Morgan fingerprint density at radius 1 is 1.29 bits per heavy atom. The van der Waals surface area contributed by atoms with E-state index in [0.29, 0.717) is 12.5 Å². The number of rotatable bonds is 3. The van der Waals surface area contributed by atoms with Crippen molar-refractivity contribution in [2.45, 2.75) is 24.4 Å². The first kappa shape index (κ1) is 13.8.